The van der Waals surface area contributed by atoms with E-state index in [1.54, 1.807) is 6.92 Å². The Morgan fingerprint density at radius 3 is 2.36 bits per heavy atom. The van der Waals surface area contributed by atoms with Gasteiger partial charge in [0.2, 0.25) is 0 Å². The molecule has 3 rings (SSSR count). The Bertz CT molecular complexity index is 526. The van der Waals surface area contributed by atoms with E-state index < -0.39 is 0 Å². The summed E-state index contributed by atoms with van der Waals surface area (Å²) < 4.78 is 6.27. The van der Waals surface area contributed by atoms with Crippen LogP contribution in [0.15, 0.2) is 24.3 Å². The summed E-state index contributed by atoms with van der Waals surface area (Å²) in [7, 11) is 2.33. The van der Waals surface area contributed by atoms with Gasteiger partial charge in [0.25, 0.3) is 0 Å². The van der Waals surface area contributed by atoms with E-state index in [4.69, 9.17) is 4.74 Å². The molecule has 2 aliphatic rings. The molecule has 2 saturated heterocycles. The fraction of sp³-hybridized carbons (Fsp3) is 0.611. The lowest BCUT2D eigenvalue weighted by Crippen LogP contribution is -2.57. The first-order chi connectivity index (χ1) is 10.5. The maximum Gasteiger partial charge on any atom is 0.310 e. The van der Waals surface area contributed by atoms with Crippen LogP contribution in [0.5, 0.6) is 5.75 Å². The van der Waals surface area contributed by atoms with Crippen LogP contribution in [0.2, 0.25) is 0 Å². The topological polar surface area (TPSA) is 46.5 Å². The molecule has 2 fully saturated rings. The normalized spacial score (nSPS) is 33.7. The molecule has 2 aliphatic heterocycles. The van der Waals surface area contributed by atoms with E-state index in [2.05, 4.69) is 19.2 Å². The summed E-state index contributed by atoms with van der Waals surface area (Å²) in [6.07, 6.45) is 4.59. The summed E-state index contributed by atoms with van der Waals surface area (Å²) >= 11 is 0. The molecular formula is C18H26NO3+. The van der Waals surface area contributed by atoms with Crippen LogP contribution in [0.1, 0.15) is 44.6 Å². The Balaban J connectivity index is 1.69. The number of aliphatic hydroxyl groups excluding tert-OH is 1. The Labute approximate surface area is 132 Å². The zero-order valence-corrected chi connectivity index (χ0v) is 13.5. The third kappa shape index (κ3) is 2.90. The van der Waals surface area contributed by atoms with Crippen molar-refractivity contribution in [3.05, 3.63) is 29.8 Å². The first-order valence-corrected chi connectivity index (χ1v) is 8.34. The molecule has 0 radical (unpaired) electrons. The lowest BCUT2D eigenvalue weighted by atomic mass is 9.96. The van der Waals surface area contributed by atoms with Crippen LogP contribution in [0.25, 0.3) is 0 Å². The highest BCUT2D eigenvalue weighted by Crippen LogP contribution is 2.42. The van der Waals surface area contributed by atoms with Gasteiger partial charge in [-0.1, -0.05) is 6.92 Å². The number of esters is 1. The van der Waals surface area contributed by atoms with Crippen LogP contribution in [0.4, 0.5) is 0 Å². The molecule has 0 amide bonds. The van der Waals surface area contributed by atoms with E-state index in [1.165, 1.54) is 18.4 Å². The first kappa shape index (κ1) is 15.5. The highest BCUT2D eigenvalue weighted by Gasteiger charge is 2.50. The van der Waals surface area contributed by atoms with Gasteiger partial charge in [0.1, 0.15) is 12.3 Å². The van der Waals surface area contributed by atoms with Gasteiger partial charge in [-0.25, -0.2) is 0 Å². The van der Waals surface area contributed by atoms with Crippen molar-refractivity contribution in [1.82, 2.24) is 0 Å². The molecule has 1 N–H and O–H groups in total. The molecule has 1 aromatic rings. The van der Waals surface area contributed by atoms with Crippen molar-refractivity contribution >= 4 is 5.97 Å². The van der Waals surface area contributed by atoms with Gasteiger partial charge >= 0.3 is 5.97 Å². The van der Waals surface area contributed by atoms with Gasteiger partial charge in [0, 0.05) is 37.7 Å². The first-order valence-electron chi connectivity index (χ1n) is 8.34. The molecule has 2 atom stereocenters. The summed E-state index contributed by atoms with van der Waals surface area (Å²) in [5.74, 6) is 0.421. The van der Waals surface area contributed by atoms with Crippen molar-refractivity contribution in [2.24, 2.45) is 0 Å². The lowest BCUT2D eigenvalue weighted by molar-refractivity contribution is -0.961. The number of piperidine rings is 1. The van der Waals surface area contributed by atoms with E-state index in [1.807, 2.05) is 12.1 Å². The van der Waals surface area contributed by atoms with Gasteiger partial charge in [0.15, 0.2) is 0 Å². The number of carbonyl (C=O) groups is 1. The van der Waals surface area contributed by atoms with Crippen molar-refractivity contribution in [3.63, 3.8) is 0 Å². The molecule has 2 heterocycles. The summed E-state index contributed by atoms with van der Waals surface area (Å²) in [6.45, 7) is 2.78. The number of quaternary nitrogens is 1. The second-order valence-electron chi connectivity index (χ2n) is 6.99. The summed E-state index contributed by atoms with van der Waals surface area (Å²) in [4.78, 5) is 11.3. The van der Waals surface area contributed by atoms with Crippen LogP contribution in [-0.4, -0.2) is 40.8 Å². The van der Waals surface area contributed by atoms with E-state index in [0.717, 1.165) is 23.9 Å². The highest BCUT2D eigenvalue weighted by molar-refractivity contribution is 5.71. The summed E-state index contributed by atoms with van der Waals surface area (Å²) in [5, 5.41) is 9.97. The molecule has 22 heavy (non-hydrogen) atoms. The van der Waals surface area contributed by atoms with Gasteiger partial charge in [-0.3, -0.25) is 4.79 Å². The maximum absolute atomic E-state index is 11.3. The van der Waals surface area contributed by atoms with Gasteiger partial charge in [0.05, 0.1) is 25.2 Å². The highest BCUT2D eigenvalue weighted by atomic mass is 16.5. The van der Waals surface area contributed by atoms with Crippen molar-refractivity contribution < 1.29 is 19.1 Å². The molecule has 2 unspecified atom stereocenters. The summed E-state index contributed by atoms with van der Waals surface area (Å²) in [5.41, 5.74) is 1.27. The Morgan fingerprint density at radius 1 is 1.23 bits per heavy atom. The van der Waals surface area contributed by atoms with E-state index in [9.17, 15) is 9.90 Å². The van der Waals surface area contributed by atoms with Crippen LogP contribution < -0.4 is 4.74 Å². The predicted octanol–water partition coefficient (Wildman–Crippen LogP) is 2.63. The minimum atomic E-state index is -0.199. The van der Waals surface area contributed by atoms with E-state index in [0.29, 0.717) is 24.3 Å². The number of carbonyl (C=O) groups excluding carboxylic acids is 1. The smallest absolute Gasteiger partial charge is 0.310 e. The van der Waals surface area contributed by atoms with E-state index >= 15 is 0 Å². The number of nitrogens with zero attached hydrogens (tertiary/aromatic N) is 1. The number of rotatable bonds is 4. The van der Waals surface area contributed by atoms with Crippen molar-refractivity contribution in [1.29, 1.82) is 0 Å². The molecule has 0 aliphatic carbocycles. The van der Waals surface area contributed by atoms with Crippen LogP contribution in [0, 0.1) is 0 Å². The molecule has 120 valence electrons. The molecule has 0 aromatic heterocycles. The lowest BCUT2D eigenvalue weighted by Gasteiger charge is -2.46. The average molecular weight is 304 g/mol. The maximum atomic E-state index is 11.3. The SMILES string of the molecule is CCC(=O)Oc1ccc(C[N+]2(C)C3CCC2CC(O)C3)cc1. The minimum absolute atomic E-state index is 0.112. The predicted molar refractivity (Wildman–Crippen MR) is 84.3 cm³/mol. The molecule has 4 nitrogen and oxygen atoms in total. The number of hydrogen-bond donors (Lipinski definition) is 1. The standard InChI is InChI=1S/C18H26NO3/c1-3-18(21)22-17-8-4-13(5-9-17)12-19(2)14-6-7-15(19)11-16(20)10-14/h4-5,8-9,14-16,20H,3,6-7,10-12H2,1-2H3/q+1. The van der Waals surface area contributed by atoms with Gasteiger partial charge in [-0.2, -0.15) is 0 Å². The molecule has 4 heteroatoms. The number of aliphatic hydroxyl groups is 1. The quantitative estimate of drug-likeness (QED) is 0.528. The van der Waals surface area contributed by atoms with Crippen molar-refractivity contribution in [2.75, 3.05) is 7.05 Å². The fourth-order valence-electron chi connectivity index (χ4n) is 4.23. The van der Waals surface area contributed by atoms with Crippen LogP contribution in [-0.2, 0) is 11.3 Å². The zero-order chi connectivity index (χ0) is 15.7. The molecular weight excluding hydrogens is 278 g/mol. The van der Waals surface area contributed by atoms with Gasteiger partial charge < -0.3 is 14.3 Å². The number of ether oxygens (including phenoxy) is 1. The third-order valence-electron chi connectivity index (χ3n) is 5.56. The van der Waals surface area contributed by atoms with E-state index in [-0.39, 0.29) is 12.1 Å². The average Bonchev–Trinajstić information content (AvgIpc) is 2.67. The molecule has 2 bridgehead atoms. The van der Waals surface area contributed by atoms with Crippen LogP contribution >= 0.6 is 0 Å². The fourth-order valence-corrected chi connectivity index (χ4v) is 4.23. The second kappa shape index (κ2) is 6.01. The minimum Gasteiger partial charge on any atom is -0.427 e. The molecule has 1 aromatic carbocycles. The summed E-state index contributed by atoms with van der Waals surface area (Å²) in [6, 6.07) is 9.04. The Morgan fingerprint density at radius 2 is 1.82 bits per heavy atom. The van der Waals surface area contributed by atoms with Crippen molar-refractivity contribution in [2.45, 2.75) is 63.8 Å². The number of hydrogen-bond acceptors (Lipinski definition) is 3. The second-order valence-corrected chi connectivity index (χ2v) is 6.99. The number of benzene rings is 1. The van der Waals surface area contributed by atoms with Gasteiger partial charge in [-0.15, -0.1) is 0 Å². The zero-order valence-electron chi connectivity index (χ0n) is 13.5. The van der Waals surface area contributed by atoms with Crippen LogP contribution in [0.3, 0.4) is 0 Å². The number of fused-ring (bicyclic) bond motifs is 2. The molecule has 0 spiro atoms. The third-order valence-corrected chi connectivity index (χ3v) is 5.56. The van der Waals surface area contributed by atoms with Crippen molar-refractivity contribution in [3.8, 4) is 5.75 Å². The molecule has 0 saturated carbocycles. The van der Waals surface area contributed by atoms with Gasteiger partial charge in [-0.05, 0) is 24.3 Å². The Kier molecular flexibility index (Phi) is 4.24. The Hall–Kier alpha value is -1.39. The largest absolute Gasteiger partial charge is 0.427 e. The monoisotopic (exact) mass is 304 g/mol.